The molecule has 0 heterocycles. The molecule has 0 atom stereocenters. The van der Waals surface area contributed by atoms with E-state index in [4.69, 9.17) is 9.47 Å². The van der Waals surface area contributed by atoms with Crippen LogP contribution in [0.25, 0.3) is 0 Å². The summed E-state index contributed by atoms with van der Waals surface area (Å²) < 4.78 is 11.1. The van der Waals surface area contributed by atoms with Crippen molar-refractivity contribution in [2.45, 2.75) is 26.3 Å². The molecule has 6 heteroatoms. The molecule has 27 heavy (non-hydrogen) atoms. The summed E-state index contributed by atoms with van der Waals surface area (Å²) in [6.07, 6.45) is 2.04. The van der Waals surface area contributed by atoms with Crippen LogP contribution in [0.15, 0.2) is 48.5 Å². The molecule has 0 unspecified atom stereocenters. The number of methoxy groups -OCH3 is 1. The van der Waals surface area contributed by atoms with Gasteiger partial charge in [0, 0.05) is 12.1 Å². The Morgan fingerprint density at radius 2 is 1.78 bits per heavy atom. The summed E-state index contributed by atoms with van der Waals surface area (Å²) in [4.78, 5) is 23.9. The highest BCUT2D eigenvalue weighted by Crippen LogP contribution is 2.28. The second kappa shape index (κ2) is 10.9. The van der Waals surface area contributed by atoms with Gasteiger partial charge in [-0.1, -0.05) is 37.6 Å². The Bertz CT molecular complexity index is 747. The fourth-order valence-electron chi connectivity index (χ4n) is 2.38. The van der Waals surface area contributed by atoms with E-state index < -0.39 is 0 Å². The van der Waals surface area contributed by atoms with Gasteiger partial charge in [-0.15, -0.1) is 0 Å². The zero-order valence-electron chi connectivity index (χ0n) is 15.8. The molecule has 2 amide bonds. The smallest absolute Gasteiger partial charge is 0.251 e. The fraction of sp³-hybridized carbons (Fsp3) is 0.333. The number of hydrogen-bond donors (Lipinski definition) is 2. The number of amides is 2. The highest BCUT2D eigenvalue weighted by Gasteiger charge is 2.09. The van der Waals surface area contributed by atoms with Gasteiger partial charge in [-0.3, -0.25) is 9.59 Å². The van der Waals surface area contributed by atoms with Crippen molar-refractivity contribution in [3.63, 3.8) is 0 Å². The van der Waals surface area contributed by atoms with Crippen molar-refractivity contribution in [2.75, 3.05) is 20.3 Å². The number of carbonyl (C=O) groups is 2. The lowest BCUT2D eigenvalue weighted by atomic mass is 10.2. The van der Waals surface area contributed by atoms with E-state index in [1.165, 1.54) is 0 Å². The summed E-state index contributed by atoms with van der Waals surface area (Å²) in [5, 5.41) is 5.38. The van der Waals surface area contributed by atoms with E-state index in [2.05, 4.69) is 17.6 Å². The first-order chi connectivity index (χ1) is 13.1. The van der Waals surface area contributed by atoms with Crippen LogP contribution < -0.4 is 20.1 Å². The molecule has 0 bridgehead atoms. The number of benzene rings is 2. The topological polar surface area (TPSA) is 76.7 Å². The molecule has 2 rings (SSSR count). The Morgan fingerprint density at radius 1 is 1.00 bits per heavy atom. The van der Waals surface area contributed by atoms with Crippen LogP contribution in [0.3, 0.4) is 0 Å². The van der Waals surface area contributed by atoms with Gasteiger partial charge in [0.15, 0.2) is 11.5 Å². The predicted octanol–water partition coefficient (Wildman–Crippen LogP) is 2.92. The van der Waals surface area contributed by atoms with E-state index in [-0.39, 0.29) is 18.4 Å². The van der Waals surface area contributed by atoms with Gasteiger partial charge in [-0.05, 0) is 36.2 Å². The van der Waals surface area contributed by atoms with E-state index in [1.54, 1.807) is 31.4 Å². The molecule has 0 saturated heterocycles. The molecule has 2 aromatic carbocycles. The number of ether oxygens (including phenoxy) is 2. The number of hydrogen-bond acceptors (Lipinski definition) is 4. The Hall–Kier alpha value is -3.02. The second-order valence-corrected chi connectivity index (χ2v) is 6.01. The van der Waals surface area contributed by atoms with Crippen LogP contribution in [-0.2, 0) is 11.3 Å². The van der Waals surface area contributed by atoms with Crippen molar-refractivity contribution >= 4 is 11.8 Å². The van der Waals surface area contributed by atoms with E-state index >= 15 is 0 Å². The zero-order valence-corrected chi connectivity index (χ0v) is 15.8. The molecule has 0 aromatic heterocycles. The Balaban J connectivity index is 1.81. The summed E-state index contributed by atoms with van der Waals surface area (Å²) in [5.74, 6) is 0.786. The van der Waals surface area contributed by atoms with Gasteiger partial charge >= 0.3 is 0 Å². The molecule has 0 radical (unpaired) electrons. The van der Waals surface area contributed by atoms with Crippen LogP contribution >= 0.6 is 0 Å². The Kier molecular flexibility index (Phi) is 8.16. The minimum atomic E-state index is -0.277. The molecule has 0 aliphatic carbocycles. The van der Waals surface area contributed by atoms with E-state index in [0.717, 1.165) is 18.4 Å². The van der Waals surface area contributed by atoms with E-state index in [9.17, 15) is 9.59 Å². The van der Waals surface area contributed by atoms with Gasteiger partial charge in [-0.25, -0.2) is 0 Å². The number of nitrogens with one attached hydrogen (secondary N) is 2. The third-order valence-corrected chi connectivity index (χ3v) is 3.92. The van der Waals surface area contributed by atoms with Crippen molar-refractivity contribution in [2.24, 2.45) is 0 Å². The molecule has 0 spiro atoms. The lowest BCUT2D eigenvalue weighted by molar-refractivity contribution is -0.120. The lowest BCUT2D eigenvalue weighted by Crippen LogP contribution is -2.36. The van der Waals surface area contributed by atoms with Gasteiger partial charge in [0.25, 0.3) is 5.91 Å². The average molecular weight is 370 g/mol. The first-order valence-electron chi connectivity index (χ1n) is 9.03. The van der Waals surface area contributed by atoms with E-state index in [0.29, 0.717) is 30.2 Å². The highest BCUT2D eigenvalue weighted by atomic mass is 16.5. The average Bonchev–Trinajstić information content (AvgIpc) is 2.71. The third-order valence-electron chi connectivity index (χ3n) is 3.92. The molecule has 2 aromatic rings. The maximum absolute atomic E-state index is 12.0. The van der Waals surface area contributed by atoms with Crippen LogP contribution in [0.4, 0.5) is 0 Å². The summed E-state index contributed by atoms with van der Waals surface area (Å²) in [7, 11) is 1.59. The largest absolute Gasteiger partial charge is 0.493 e. The van der Waals surface area contributed by atoms with Crippen LogP contribution in [0.1, 0.15) is 35.7 Å². The zero-order chi connectivity index (χ0) is 19.5. The van der Waals surface area contributed by atoms with Crippen LogP contribution in [0.5, 0.6) is 11.5 Å². The molecule has 2 N–H and O–H groups in total. The molecular formula is C21H26N2O4. The summed E-state index contributed by atoms with van der Waals surface area (Å²) in [5.41, 5.74) is 1.41. The maximum atomic E-state index is 12.0. The van der Waals surface area contributed by atoms with Crippen LogP contribution in [-0.4, -0.2) is 32.1 Å². The molecule has 0 fully saturated rings. The van der Waals surface area contributed by atoms with Gasteiger partial charge in [0.05, 0.1) is 20.3 Å². The van der Waals surface area contributed by atoms with Gasteiger partial charge < -0.3 is 20.1 Å². The number of rotatable bonds is 10. The molecule has 0 saturated carbocycles. The quantitative estimate of drug-likeness (QED) is 0.631. The highest BCUT2D eigenvalue weighted by molar-refractivity contribution is 5.96. The molecule has 0 aliphatic heterocycles. The monoisotopic (exact) mass is 370 g/mol. The first kappa shape index (κ1) is 20.3. The molecule has 6 nitrogen and oxygen atoms in total. The van der Waals surface area contributed by atoms with Crippen LogP contribution in [0.2, 0.25) is 0 Å². The molecule has 0 aliphatic rings. The van der Waals surface area contributed by atoms with Crippen molar-refractivity contribution in [1.29, 1.82) is 0 Å². The van der Waals surface area contributed by atoms with Crippen molar-refractivity contribution in [3.8, 4) is 11.5 Å². The minimum Gasteiger partial charge on any atom is -0.493 e. The minimum absolute atomic E-state index is 0.0803. The standard InChI is InChI=1S/C21H26N2O4/c1-3-4-12-27-18-11-10-16(13-19(18)26-2)14-22-20(24)15-23-21(25)17-8-6-5-7-9-17/h5-11,13H,3-4,12,14-15H2,1-2H3,(H,22,24)(H,23,25). The Labute approximate surface area is 159 Å². The normalized spacial score (nSPS) is 10.1. The maximum Gasteiger partial charge on any atom is 0.251 e. The van der Waals surface area contributed by atoms with Gasteiger partial charge in [-0.2, -0.15) is 0 Å². The summed E-state index contributed by atoms with van der Waals surface area (Å²) >= 11 is 0. The van der Waals surface area contributed by atoms with Crippen molar-refractivity contribution < 1.29 is 19.1 Å². The third kappa shape index (κ3) is 6.66. The molecule has 144 valence electrons. The lowest BCUT2D eigenvalue weighted by Gasteiger charge is -2.12. The van der Waals surface area contributed by atoms with Crippen LogP contribution in [0, 0.1) is 0 Å². The first-order valence-corrected chi connectivity index (χ1v) is 9.03. The van der Waals surface area contributed by atoms with Crippen molar-refractivity contribution in [3.05, 3.63) is 59.7 Å². The SMILES string of the molecule is CCCCOc1ccc(CNC(=O)CNC(=O)c2ccccc2)cc1OC. The predicted molar refractivity (Wildman–Crippen MR) is 104 cm³/mol. The number of carbonyl (C=O) groups excluding carboxylic acids is 2. The summed E-state index contributed by atoms with van der Waals surface area (Å²) in [6, 6.07) is 14.3. The van der Waals surface area contributed by atoms with E-state index in [1.807, 2.05) is 24.3 Å². The second-order valence-electron chi connectivity index (χ2n) is 6.01. The van der Waals surface area contributed by atoms with Gasteiger partial charge in [0.2, 0.25) is 5.91 Å². The molecular weight excluding hydrogens is 344 g/mol. The fourth-order valence-corrected chi connectivity index (χ4v) is 2.38. The number of unbranched alkanes of at least 4 members (excludes halogenated alkanes) is 1. The van der Waals surface area contributed by atoms with Gasteiger partial charge in [0.1, 0.15) is 0 Å². The Morgan fingerprint density at radius 3 is 2.48 bits per heavy atom. The summed E-state index contributed by atoms with van der Waals surface area (Å²) in [6.45, 7) is 3.01. The van der Waals surface area contributed by atoms with Crippen molar-refractivity contribution in [1.82, 2.24) is 10.6 Å².